The molecule has 4 heteroatoms. The molecule has 1 fully saturated rings. The van der Waals surface area contributed by atoms with E-state index in [0.29, 0.717) is 23.8 Å². The minimum absolute atomic E-state index is 0.386. The molecule has 0 aliphatic heterocycles. The van der Waals surface area contributed by atoms with E-state index in [-0.39, 0.29) is 0 Å². The van der Waals surface area contributed by atoms with Gasteiger partial charge < -0.3 is 9.84 Å². The fourth-order valence-corrected chi connectivity index (χ4v) is 3.42. The minimum Gasteiger partial charge on any atom is -0.481 e. The second-order valence-electron chi connectivity index (χ2n) is 6.94. The Morgan fingerprint density at radius 1 is 1.15 bits per heavy atom. The first-order valence-corrected chi connectivity index (χ1v) is 9.10. The summed E-state index contributed by atoms with van der Waals surface area (Å²) < 4.78 is 5.41. The van der Waals surface area contributed by atoms with Crippen LogP contribution >= 0.6 is 0 Å². The Kier molecular flexibility index (Phi) is 4.63. The van der Waals surface area contributed by atoms with E-state index in [1.807, 2.05) is 48.5 Å². The molecule has 0 radical (unpaired) electrons. The second kappa shape index (κ2) is 7.23. The predicted molar refractivity (Wildman–Crippen MR) is 104 cm³/mol. The second-order valence-corrected chi connectivity index (χ2v) is 6.94. The van der Waals surface area contributed by atoms with Crippen molar-refractivity contribution in [1.82, 2.24) is 4.98 Å². The summed E-state index contributed by atoms with van der Waals surface area (Å²) in [7, 11) is 1.60. The van der Waals surface area contributed by atoms with E-state index in [0.717, 1.165) is 40.7 Å². The van der Waals surface area contributed by atoms with Gasteiger partial charge in [0.05, 0.1) is 12.7 Å². The van der Waals surface area contributed by atoms with Gasteiger partial charge in [0.1, 0.15) is 0 Å². The van der Waals surface area contributed by atoms with E-state index in [1.165, 1.54) is 0 Å². The van der Waals surface area contributed by atoms with Gasteiger partial charge in [-0.25, -0.2) is 9.78 Å². The normalized spacial score (nSPS) is 13.4. The van der Waals surface area contributed by atoms with E-state index in [9.17, 15) is 9.90 Å². The molecule has 1 N–H and O–H groups in total. The third-order valence-corrected chi connectivity index (χ3v) is 4.99. The van der Waals surface area contributed by atoms with Crippen LogP contribution in [-0.2, 0) is 6.42 Å². The molecule has 0 bridgehead atoms. The molecule has 27 heavy (non-hydrogen) atoms. The van der Waals surface area contributed by atoms with Crippen molar-refractivity contribution in [2.75, 3.05) is 7.11 Å². The molecule has 1 aliphatic carbocycles. The summed E-state index contributed by atoms with van der Waals surface area (Å²) >= 11 is 0. The Hall–Kier alpha value is -3.14. The van der Waals surface area contributed by atoms with Gasteiger partial charge >= 0.3 is 5.97 Å². The molecule has 0 amide bonds. The van der Waals surface area contributed by atoms with Crippen LogP contribution in [-0.4, -0.2) is 23.2 Å². The highest BCUT2D eigenvalue weighted by atomic mass is 16.5. The molecule has 4 rings (SSSR count). The van der Waals surface area contributed by atoms with Crippen LogP contribution in [0.25, 0.3) is 11.1 Å². The zero-order valence-electron chi connectivity index (χ0n) is 15.2. The monoisotopic (exact) mass is 359 g/mol. The Labute approximate surface area is 158 Å². The van der Waals surface area contributed by atoms with Gasteiger partial charge in [0.15, 0.2) is 0 Å². The van der Waals surface area contributed by atoms with E-state index >= 15 is 0 Å². The number of aromatic nitrogens is 1. The Balaban J connectivity index is 1.70. The van der Waals surface area contributed by atoms with Crippen LogP contribution in [0.1, 0.15) is 45.8 Å². The van der Waals surface area contributed by atoms with Crippen molar-refractivity contribution in [1.29, 1.82) is 0 Å². The Morgan fingerprint density at radius 3 is 2.59 bits per heavy atom. The zero-order valence-corrected chi connectivity index (χ0v) is 15.2. The van der Waals surface area contributed by atoms with Crippen molar-refractivity contribution in [3.63, 3.8) is 0 Å². The average Bonchev–Trinajstić information content (AvgIpc) is 3.54. The minimum atomic E-state index is -0.878. The maximum Gasteiger partial charge on any atom is 0.335 e. The van der Waals surface area contributed by atoms with E-state index in [2.05, 4.69) is 11.1 Å². The van der Waals surface area contributed by atoms with E-state index < -0.39 is 5.97 Å². The summed E-state index contributed by atoms with van der Waals surface area (Å²) in [5, 5.41) is 9.65. The number of hydrogen-bond donors (Lipinski definition) is 1. The van der Waals surface area contributed by atoms with Crippen molar-refractivity contribution < 1.29 is 14.6 Å². The molecule has 136 valence electrons. The zero-order chi connectivity index (χ0) is 18.8. The fraction of sp³-hybridized carbons (Fsp3) is 0.217. The SMILES string of the molecule is COc1ncc(Cc2ccc(C3CC3)cc2C(=O)O)cc1-c1ccccc1. The molecule has 1 heterocycles. The van der Waals surface area contributed by atoms with Gasteiger partial charge in [-0.15, -0.1) is 0 Å². The molecule has 0 unspecified atom stereocenters. The average molecular weight is 359 g/mol. The number of methoxy groups -OCH3 is 1. The summed E-state index contributed by atoms with van der Waals surface area (Å²) in [4.78, 5) is 16.2. The number of rotatable bonds is 6. The van der Waals surface area contributed by atoms with Crippen LogP contribution in [0, 0.1) is 0 Å². The molecule has 1 saturated carbocycles. The van der Waals surface area contributed by atoms with Crippen LogP contribution in [0.3, 0.4) is 0 Å². The van der Waals surface area contributed by atoms with Gasteiger partial charge in [-0.3, -0.25) is 0 Å². The topological polar surface area (TPSA) is 59.4 Å². The van der Waals surface area contributed by atoms with Crippen LogP contribution in [0.15, 0.2) is 60.8 Å². The Morgan fingerprint density at radius 2 is 1.93 bits per heavy atom. The van der Waals surface area contributed by atoms with Crippen LogP contribution in [0.5, 0.6) is 5.88 Å². The van der Waals surface area contributed by atoms with Gasteiger partial charge in [-0.1, -0.05) is 42.5 Å². The molecular formula is C23H21NO3. The van der Waals surface area contributed by atoms with E-state index in [4.69, 9.17) is 4.74 Å². The molecule has 1 aromatic heterocycles. The first-order valence-electron chi connectivity index (χ1n) is 9.10. The van der Waals surface area contributed by atoms with Gasteiger partial charge in [-0.05, 0) is 59.6 Å². The summed E-state index contributed by atoms with van der Waals surface area (Å²) in [5.74, 6) is 0.217. The summed E-state index contributed by atoms with van der Waals surface area (Å²) in [5.41, 5.74) is 5.20. The van der Waals surface area contributed by atoms with Crippen molar-refractivity contribution in [3.05, 3.63) is 83.0 Å². The first kappa shape index (κ1) is 17.3. The molecule has 4 nitrogen and oxygen atoms in total. The number of nitrogens with zero attached hydrogens (tertiary/aromatic N) is 1. The molecule has 0 atom stereocenters. The van der Waals surface area contributed by atoms with Crippen molar-refractivity contribution in [2.24, 2.45) is 0 Å². The number of hydrogen-bond acceptors (Lipinski definition) is 3. The standard InChI is InChI=1S/C23H21NO3/c1-27-22-20(17-5-3-2-4-6-17)12-15(14-24-22)11-19-10-9-18(16-7-8-16)13-21(19)23(25)26/h2-6,9-10,12-14,16H,7-8,11H2,1H3,(H,25,26). The number of carboxylic acids is 1. The summed E-state index contributed by atoms with van der Waals surface area (Å²) in [6.45, 7) is 0. The largest absolute Gasteiger partial charge is 0.481 e. The third kappa shape index (κ3) is 3.70. The molecule has 0 spiro atoms. The van der Waals surface area contributed by atoms with Gasteiger partial charge in [0.2, 0.25) is 5.88 Å². The van der Waals surface area contributed by atoms with E-state index in [1.54, 1.807) is 13.3 Å². The quantitative estimate of drug-likeness (QED) is 0.678. The number of aromatic carboxylic acids is 1. The summed E-state index contributed by atoms with van der Waals surface area (Å²) in [6.07, 6.45) is 4.58. The first-order chi connectivity index (χ1) is 13.2. The highest BCUT2D eigenvalue weighted by molar-refractivity contribution is 5.90. The number of carboxylic acid groups (broad SMARTS) is 1. The maximum atomic E-state index is 11.8. The lowest BCUT2D eigenvalue weighted by Crippen LogP contribution is -2.05. The van der Waals surface area contributed by atoms with Crippen molar-refractivity contribution in [2.45, 2.75) is 25.2 Å². The van der Waals surface area contributed by atoms with Crippen molar-refractivity contribution in [3.8, 4) is 17.0 Å². The number of pyridine rings is 1. The molecule has 3 aromatic rings. The van der Waals surface area contributed by atoms with Gasteiger partial charge in [0, 0.05) is 11.8 Å². The third-order valence-electron chi connectivity index (χ3n) is 4.99. The lowest BCUT2D eigenvalue weighted by atomic mass is 9.95. The number of ether oxygens (including phenoxy) is 1. The van der Waals surface area contributed by atoms with Gasteiger partial charge in [-0.2, -0.15) is 0 Å². The van der Waals surface area contributed by atoms with Gasteiger partial charge in [0.25, 0.3) is 0 Å². The number of carbonyl (C=O) groups is 1. The predicted octanol–water partition coefficient (Wildman–Crippen LogP) is 4.92. The highest BCUT2D eigenvalue weighted by Crippen LogP contribution is 2.40. The van der Waals surface area contributed by atoms with Crippen LogP contribution < -0.4 is 4.74 Å². The molecule has 1 aliphatic rings. The molecule has 0 saturated heterocycles. The number of benzene rings is 2. The Bertz CT molecular complexity index is 978. The molecule has 2 aromatic carbocycles. The smallest absolute Gasteiger partial charge is 0.335 e. The fourth-order valence-electron chi connectivity index (χ4n) is 3.42. The van der Waals surface area contributed by atoms with Crippen LogP contribution in [0.2, 0.25) is 0 Å². The maximum absolute atomic E-state index is 11.8. The molecular weight excluding hydrogens is 338 g/mol. The lowest BCUT2D eigenvalue weighted by molar-refractivity contribution is 0.0695. The summed E-state index contributed by atoms with van der Waals surface area (Å²) in [6, 6.07) is 17.8. The van der Waals surface area contributed by atoms with Crippen LogP contribution in [0.4, 0.5) is 0 Å². The lowest BCUT2D eigenvalue weighted by Gasteiger charge is -2.12. The van der Waals surface area contributed by atoms with Crippen molar-refractivity contribution >= 4 is 5.97 Å². The highest BCUT2D eigenvalue weighted by Gasteiger charge is 2.25.